The summed E-state index contributed by atoms with van der Waals surface area (Å²) in [6, 6.07) is 4.85. The molecule has 0 spiro atoms. The van der Waals surface area contributed by atoms with Crippen molar-refractivity contribution in [2.45, 2.75) is 20.0 Å². The molecule has 0 N–H and O–H groups in total. The summed E-state index contributed by atoms with van der Waals surface area (Å²) < 4.78 is 1.69. The van der Waals surface area contributed by atoms with Crippen molar-refractivity contribution in [3.05, 3.63) is 40.9 Å². The van der Waals surface area contributed by atoms with Crippen molar-refractivity contribution in [3.8, 4) is 0 Å². The molecule has 1 aromatic carbocycles. The number of halogens is 1. The Bertz CT molecular complexity index is 710. The highest BCUT2D eigenvalue weighted by Gasteiger charge is 2.36. The second-order valence-corrected chi connectivity index (χ2v) is 4.81. The smallest absolute Gasteiger partial charge is 0.297 e. The van der Waals surface area contributed by atoms with E-state index in [2.05, 4.69) is 10.1 Å². The van der Waals surface area contributed by atoms with Crippen LogP contribution in [0.5, 0.6) is 0 Å². The molecule has 2 aromatic rings. The first kappa shape index (κ1) is 12.8. The minimum absolute atomic E-state index is 0.215. The van der Waals surface area contributed by atoms with E-state index in [1.54, 1.807) is 16.8 Å². The first-order valence-electron chi connectivity index (χ1n) is 6.14. The van der Waals surface area contributed by atoms with Crippen LogP contribution >= 0.6 is 11.6 Å². The van der Waals surface area contributed by atoms with Crippen molar-refractivity contribution in [2.75, 3.05) is 4.90 Å². The van der Waals surface area contributed by atoms with Crippen LogP contribution in [0.1, 0.15) is 23.1 Å². The SMILES string of the molecule is CCn1ncnc1CN1C(=O)C(=O)c2cc(Cl)ccc21. The first-order valence-corrected chi connectivity index (χ1v) is 6.52. The molecular weight excluding hydrogens is 280 g/mol. The number of benzene rings is 1. The number of ketones is 1. The standard InChI is InChI=1S/C13H11ClN4O2/c1-2-18-11(15-7-16-18)6-17-10-4-3-8(14)5-9(10)12(19)13(17)20/h3-5,7H,2,6H2,1H3. The largest absolute Gasteiger partial charge is 0.299 e. The number of hydrogen-bond donors (Lipinski definition) is 0. The lowest BCUT2D eigenvalue weighted by molar-refractivity contribution is -0.114. The quantitative estimate of drug-likeness (QED) is 0.807. The number of hydrogen-bond acceptors (Lipinski definition) is 4. The lowest BCUT2D eigenvalue weighted by Crippen LogP contribution is -2.30. The summed E-state index contributed by atoms with van der Waals surface area (Å²) in [7, 11) is 0. The van der Waals surface area contributed by atoms with E-state index in [1.165, 1.54) is 17.3 Å². The summed E-state index contributed by atoms with van der Waals surface area (Å²) in [5.74, 6) is -0.463. The lowest BCUT2D eigenvalue weighted by atomic mass is 10.1. The van der Waals surface area contributed by atoms with Gasteiger partial charge in [-0.25, -0.2) is 9.67 Å². The van der Waals surface area contributed by atoms with Crippen molar-refractivity contribution in [2.24, 2.45) is 0 Å². The maximum atomic E-state index is 12.1. The normalized spacial score (nSPS) is 14.0. The number of Topliss-reactive ketones (excluding diaryl/α,β-unsaturated/α-hetero) is 1. The van der Waals surface area contributed by atoms with E-state index in [1.807, 2.05) is 6.92 Å². The number of nitrogens with zero attached hydrogens (tertiary/aromatic N) is 4. The van der Waals surface area contributed by atoms with Crippen LogP contribution in [0.3, 0.4) is 0 Å². The van der Waals surface area contributed by atoms with E-state index in [0.29, 0.717) is 28.6 Å². The van der Waals surface area contributed by atoms with E-state index in [-0.39, 0.29) is 6.54 Å². The van der Waals surface area contributed by atoms with Crippen molar-refractivity contribution < 1.29 is 9.59 Å². The third-order valence-electron chi connectivity index (χ3n) is 3.23. The Morgan fingerprint density at radius 2 is 2.10 bits per heavy atom. The van der Waals surface area contributed by atoms with Crippen LogP contribution in [0.25, 0.3) is 0 Å². The number of carbonyl (C=O) groups is 2. The molecule has 0 atom stereocenters. The molecule has 0 saturated heterocycles. The average Bonchev–Trinajstić information content (AvgIpc) is 2.98. The second-order valence-electron chi connectivity index (χ2n) is 4.37. The molecule has 3 rings (SSSR count). The fourth-order valence-corrected chi connectivity index (χ4v) is 2.42. The number of aryl methyl sites for hydroxylation is 1. The van der Waals surface area contributed by atoms with Gasteiger partial charge < -0.3 is 0 Å². The number of aromatic nitrogens is 3. The minimum atomic E-state index is -0.562. The number of rotatable bonds is 3. The maximum Gasteiger partial charge on any atom is 0.299 e. The Morgan fingerprint density at radius 1 is 1.30 bits per heavy atom. The maximum absolute atomic E-state index is 12.1. The van der Waals surface area contributed by atoms with Gasteiger partial charge in [-0.05, 0) is 25.1 Å². The van der Waals surface area contributed by atoms with Gasteiger partial charge in [-0.3, -0.25) is 14.5 Å². The number of carbonyl (C=O) groups excluding carboxylic acids is 2. The summed E-state index contributed by atoms with van der Waals surface area (Å²) in [4.78, 5) is 29.6. The third-order valence-corrected chi connectivity index (χ3v) is 3.46. The van der Waals surface area contributed by atoms with Crippen LogP contribution in [0.4, 0.5) is 5.69 Å². The fourth-order valence-electron chi connectivity index (χ4n) is 2.25. The Balaban J connectivity index is 1.99. The molecule has 0 unspecified atom stereocenters. The van der Waals surface area contributed by atoms with E-state index in [4.69, 9.17) is 11.6 Å². The topological polar surface area (TPSA) is 68.1 Å². The molecule has 0 bridgehead atoms. The zero-order valence-electron chi connectivity index (χ0n) is 10.7. The monoisotopic (exact) mass is 290 g/mol. The molecule has 1 aliphatic heterocycles. The van der Waals surface area contributed by atoms with Crippen LogP contribution in [0.2, 0.25) is 5.02 Å². The van der Waals surface area contributed by atoms with E-state index in [9.17, 15) is 9.59 Å². The Morgan fingerprint density at radius 3 is 2.85 bits per heavy atom. The molecule has 7 heteroatoms. The molecule has 1 amide bonds. The van der Waals surface area contributed by atoms with Gasteiger partial charge in [0.1, 0.15) is 12.2 Å². The highest BCUT2D eigenvalue weighted by molar-refractivity contribution is 6.52. The fraction of sp³-hybridized carbons (Fsp3) is 0.231. The van der Waals surface area contributed by atoms with Gasteiger partial charge in [-0.2, -0.15) is 5.10 Å². The highest BCUT2D eigenvalue weighted by atomic mass is 35.5. The van der Waals surface area contributed by atoms with Gasteiger partial charge in [-0.1, -0.05) is 11.6 Å². The molecule has 2 heterocycles. The number of anilines is 1. The third kappa shape index (κ3) is 1.89. The molecule has 1 aromatic heterocycles. The van der Waals surface area contributed by atoms with Crippen molar-refractivity contribution in [3.63, 3.8) is 0 Å². The van der Waals surface area contributed by atoms with Crippen molar-refractivity contribution in [1.82, 2.24) is 14.8 Å². The number of fused-ring (bicyclic) bond motifs is 1. The summed E-state index contributed by atoms with van der Waals surface area (Å²) in [5.41, 5.74) is 0.903. The average molecular weight is 291 g/mol. The summed E-state index contributed by atoms with van der Waals surface area (Å²) in [6.45, 7) is 2.80. The summed E-state index contributed by atoms with van der Waals surface area (Å²) in [5, 5.41) is 4.49. The summed E-state index contributed by atoms with van der Waals surface area (Å²) in [6.07, 6.45) is 1.43. The Labute approximate surface area is 120 Å². The Kier molecular flexibility index (Phi) is 3.02. The minimum Gasteiger partial charge on any atom is -0.297 e. The van der Waals surface area contributed by atoms with Gasteiger partial charge in [0.2, 0.25) is 0 Å². The van der Waals surface area contributed by atoms with Gasteiger partial charge in [0, 0.05) is 11.6 Å². The van der Waals surface area contributed by atoms with Gasteiger partial charge in [0.15, 0.2) is 0 Å². The van der Waals surface area contributed by atoms with Crippen LogP contribution in [-0.2, 0) is 17.9 Å². The van der Waals surface area contributed by atoms with E-state index < -0.39 is 11.7 Å². The van der Waals surface area contributed by atoms with Crippen LogP contribution in [-0.4, -0.2) is 26.5 Å². The zero-order valence-corrected chi connectivity index (χ0v) is 11.5. The molecule has 0 aliphatic carbocycles. The van der Waals surface area contributed by atoms with Crippen LogP contribution in [0.15, 0.2) is 24.5 Å². The molecule has 20 heavy (non-hydrogen) atoms. The van der Waals surface area contributed by atoms with Crippen LogP contribution in [0, 0.1) is 0 Å². The summed E-state index contributed by atoms with van der Waals surface area (Å²) >= 11 is 5.87. The van der Waals surface area contributed by atoms with Gasteiger partial charge in [-0.15, -0.1) is 0 Å². The molecule has 0 radical (unpaired) electrons. The molecule has 0 saturated carbocycles. The number of amides is 1. The first-order chi connectivity index (χ1) is 9.61. The van der Waals surface area contributed by atoms with E-state index in [0.717, 1.165) is 0 Å². The van der Waals surface area contributed by atoms with Crippen molar-refractivity contribution in [1.29, 1.82) is 0 Å². The molecule has 6 nitrogen and oxygen atoms in total. The predicted molar refractivity (Wildman–Crippen MR) is 72.7 cm³/mol. The van der Waals surface area contributed by atoms with E-state index >= 15 is 0 Å². The van der Waals surface area contributed by atoms with Crippen LogP contribution < -0.4 is 4.90 Å². The highest BCUT2D eigenvalue weighted by Crippen LogP contribution is 2.32. The molecule has 1 aliphatic rings. The molecular formula is C13H11ClN4O2. The van der Waals surface area contributed by atoms with Gasteiger partial charge in [0.05, 0.1) is 17.8 Å². The van der Waals surface area contributed by atoms with Crippen molar-refractivity contribution >= 4 is 29.0 Å². The van der Waals surface area contributed by atoms with Gasteiger partial charge >= 0.3 is 0 Å². The molecule has 102 valence electrons. The predicted octanol–water partition coefficient (Wildman–Crippen LogP) is 1.68. The zero-order chi connectivity index (χ0) is 14.3. The Hall–Kier alpha value is -2.21. The second kappa shape index (κ2) is 4.72. The lowest BCUT2D eigenvalue weighted by Gasteiger charge is -2.16. The van der Waals surface area contributed by atoms with Gasteiger partial charge in [0.25, 0.3) is 11.7 Å². The molecule has 0 fully saturated rings.